The van der Waals surface area contributed by atoms with Crippen LogP contribution in [0, 0.1) is 0 Å². The van der Waals surface area contributed by atoms with E-state index in [1.54, 1.807) is 0 Å². The highest BCUT2D eigenvalue weighted by Crippen LogP contribution is 2.17. The van der Waals surface area contributed by atoms with Crippen LogP contribution in [0.25, 0.3) is 0 Å². The summed E-state index contributed by atoms with van der Waals surface area (Å²) in [5, 5.41) is 9.26. The lowest BCUT2D eigenvalue weighted by Gasteiger charge is -2.16. The molecule has 0 saturated heterocycles. The standard InChI is InChI=1S/C39H76O4/c1-3-5-7-9-11-13-15-17-19-20-21-22-24-26-28-30-32-34-37(36-38(40)41)43-39(42)35-33-31-29-27-25-23-18-16-14-12-10-8-6-4-2/h37H,3-36H2,1-2H3,(H,40,41). The van der Waals surface area contributed by atoms with Gasteiger partial charge in [-0.1, -0.05) is 200 Å². The summed E-state index contributed by atoms with van der Waals surface area (Å²) in [6.07, 6.45) is 41.3. The average molecular weight is 609 g/mol. The highest BCUT2D eigenvalue weighted by molar-refractivity contribution is 5.71. The zero-order chi connectivity index (χ0) is 31.5. The van der Waals surface area contributed by atoms with E-state index < -0.39 is 12.1 Å². The number of carbonyl (C=O) groups excluding carboxylic acids is 1. The highest BCUT2D eigenvalue weighted by Gasteiger charge is 2.17. The summed E-state index contributed by atoms with van der Waals surface area (Å²) in [4.78, 5) is 23.6. The largest absolute Gasteiger partial charge is 0.481 e. The predicted octanol–water partition coefficient (Wildman–Crippen LogP) is 13.3. The summed E-state index contributed by atoms with van der Waals surface area (Å²) in [5.74, 6) is -1.08. The molecule has 1 N–H and O–H groups in total. The molecule has 0 amide bonds. The van der Waals surface area contributed by atoms with Crippen LogP contribution in [0.2, 0.25) is 0 Å². The molecule has 0 aliphatic carbocycles. The minimum atomic E-state index is -0.874. The first kappa shape index (κ1) is 41.9. The second-order valence-electron chi connectivity index (χ2n) is 13.5. The van der Waals surface area contributed by atoms with Gasteiger partial charge in [-0.2, -0.15) is 0 Å². The van der Waals surface area contributed by atoms with Crippen molar-refractivity contribution in [1.29, 1.82) is 0 Å². The van der Waals surface area contributed by atoms with Crippen molar-refractivity contribution in [3.05, 3.63) is 0 Å². The third-order valence-corrected chi connectivity index (χ3v) is 9.06. The first-order valence-corrected chi connectivity index (χ1v) is 19.5. The molecule has 0 aromatic heterocycles. The number of hydrogen-bond acceptors (Lipinski definition) is 3. The normalized spacial score (nSPS) is 12.0. The molecule has 1 atom stereocenters. The monoisotopic (exact) mass is 609 g/mol. The zero-order valence-corrected chi connectivity index (χ0v) is 29.3. The molecule has 0 saturated carbocycles. The summed E-state index contributed by atoms with van der Waals surface area (Å²) in [6, 6.07) is 0. The molecular weight excluding hydrogens is 532 g/mol. The summed E-state index contributed by atoms with van der Waals surface area (Å²) >= 11 is 0. The van der Waals surface area contributed by atoms with E-state index in [0.29, 0.717) is 12.8 Å². The van der Waals surface area contributed by atoms with Crippen LogP contribution in [0.5, 0.6) is 0 Å². The fraction of sp³-hybridized carbons (Fsp3) is 0.949. The smallest absolute Gasteiger partial charge is 0.307 e. The molecule has 0 aliphatic heterocycles. The molecule has 0 fully saturated rings. The number of rotatable bonds is 36. The van der Waals surface area contributed by atoms with Crippen LogP contribution in [-0.2, 0) is 14.3 Å². The van der Waals surface area contributed by atoms with Gasteiger partial charge in [0.05, 0.1) is 6.42 Å². The number of esters is 1. The van der Waals surface area contributed by atoms with Crippen LogP contribution < -0.4 is 0 Å². The van der Waals surface area contributed by atoms with Gasteiger partial charge >= 0.3 is 11.9 Å². The lowest BCUT2D eigenvalue weighted by Crippen LogP contribution is -2.21. The van der Waals surface area contributed by atoms with Crippen LogP contribution in [0.1, 0.15) is 232 Å². The van der Waals surface area contributed by atoms with Crippen LogP contribution in [-0.4, -0.2) is 23.1 Å². The van der Waals surface area contributed by atoms with Gasteiger partial charge in [0.25, 0.3) is 0 Å². The second kappa shape index (κ2) is 35.4. The molecule has 0 aliphatic rings. The Hall–Kier alpha value is -1.06. The lowest BCUT2D eigenvalue weighted by molar-refractivity contribution is -0.153. The van der Waals surface area contributed by atoms with Crippen LogP contribution in [0.15, 0.2) is 0 Å². The van der Waals surface area contributed by atoms with Gasteiger partial charge < -0.3 is 9.84 Å². The maximum absolute atomic E-state index is 12.3. The maximum Gasteiger partial charge on any atom is 0.307 e. The van der Waals surface area contributed by atoms with Crippen molar-refractivity contribution < 1.29 is 19.4 Å². The Kier molecular flexibility index (Phi) is 34.5. The van der Waals surface area contributed by atoms with E-state index in [1.807, 2.05) is 0 Å². The van der Waals surface area contributed by atoms with E-state index in [0.717, 1.165) is 25.7 Å². The number of carboxylic acid groups (broad SMARTS) is 1. The fourth-order valence-electron chi connectivity index (χ4n) is 6.20. The molecule has 0 spiro atoms. The number of carboxylic acids is 1. The Balaban J connectivity index is 3.59. The van der Waals surface area contributed by atoms with E-state index in [9.17, 15) is 14.7 Å². The Morgan fingerprint density at radius 1 is 0.442 bits per heavy atom. The van der Waals surface area contributed by atoms with Crippen molar-refractivity contribution in [1.82, 2.24) is 0 Å². The average Bonchev–Trinajstić information content (AvgIpc) is 2.98. The van der Waals surface area contributed by atoms with E-state index >= 15 is 0 Å². The van der Waals surface area contributed by atoms with Crippen molar-refractivity contribution in [2.45, 2.75) is 238 Å². The number of hydrogen-bond donors (Lipinski definition) is 1. The molecule has 0 rings (SSSR count). The third kappa shape index (κ3) is 35.3. The Labute approximate surface area is 269 Å². The van der Waals surface area contributed by atoms with Gasteiger partial charge in [0.2, 0.25) is 0 Å². The SMILES string of the molecule is CCCCCCCCCCCCCCCCCCCC(CC(=O)O)OC(=O)CCCCCCCCCCCCCCCC. The fourth-order valence-corrected chi connectivity index (χ4v) is 6.20. The molecule has 43 heavy (non-hydrogen) atoms. The Morgan fingerprint density at radius 3 is 1.02 bits per heavy atom. The van der Waals surface area contributed by atoms with E-state index in [-0.39, 0.29) is 12.4 Å². The first-order valence-electron chi connectivity index (χ1n) is 19.5. The van der Waals surface area contributed by atoms with Gasteiger partial charge in [0, 0.05) is 6.42 Å². The molecule has 0 bridgehead atoms. The first-order chi connectivity index (χ1) is 21.1. The van der Waals surface area contributed by atoms with Gasteiger partial charge in [-0.15, -0.1) is 0 Å². The van der Waals surface area contributed by atoms with Gasteiger partial charge in [0.1, 0.15) is 6.10 Å². The number of carbonyl (C=O) groups is 2. The van der Waals surface area contributed by atoms with Crippen molar-refractivity contribution in [3.8, 4) is 0 Å². The van der Waals surface area contributed by atoms with E-state index in [4.69, 9.17) is 4.74 Å². The lowest BCUT2D eigenvalue weighted by atomic mass is 10.0. The molecule has 4 nitrogen and oxygen atoms in total. The molecule has 1 unspecified atom stereocenters. The van der Waals surface area contributed by atoms with Crippen molar-refractivity contribution >= 4 is 11.9 Å². The van der Waals surface area contributed by atoms with Gasteiger partial charge in [0.15, 0.2) is 0 Å². The number of ether oxygens (including phenoxy) is 1. The van der Waals surface area contributed by atoms with Crippen molar-refractivity contribution in [3.63, 3.8) is 0 Å². The van der Waals surface area contributed by atoms with Crippen LogP contribution >= 0.6 is 0 Å². The van der Waals surface area contributed by atoms with Crippen LogP contribution in [0.3, 0.4) is 0 Å². The summed E-state index contributed by atoms with van der Waals surface area (Å²) in [7, 11) is 0. The quantitative estimate of drug-likeness (QED) is 0.0567. The van der Waals surface area contributed by atoms with Crippen molar-refractivity contribution in [2.75, 3.05) is 0 Å². The van der Waals surface area contributed by atoms with Crippen LogP contribution in [0.4, 0.5) is 0 Å². The third-order valence-electron chi connectivity index (χ3n) is 9.06. The van der Waals surface area contributed by atoms with Gasteiger partial charge in [-0.25, -0.2) is 0 Å². The minimum Gasteiger partial charge on any atom is -0.481 e. The highest BCUT2D eigenvalue weighted by atomic mass is 16.5. The summed E-state index contributed by atoms with van der Waals surface area (Å²) in [6.45, 7) is 4.55. The van der Waals surface area contributed by atoms with Crippen molar-refractivity contribution in [2.24, 2.45) is 0 Å². The number of aliphatic carboxylic acids is 1. The van der Waals surface area contributed by atoms with Gasteiger partial charge in [-0.3, -0.25) is 9.59 Å². The van der Waals surface area contributed by atoms with E-state index in [2.05, 4.69) is 13.8 Å². The second-order valence-corrected chi connectivity index (χ2v) is 13.5. The predicted molar refractivity (Wildman–Crippen MR) is 186 cm³/mol. The number of unbranched alkanes of at least 4 members (excludes halogenated alkanes) is 29. The molecular formula is C39H76O4. The molecule has 256 valence electrons. The van der Waals surface area contributed by atoms with E-state index in [1.165, 1.54) is 173 Å². The molecule has 0 radical (unpaired) electrons. The Morgan fingerprint density at radius 2 is 0.721 bits per heavy atom. The maximum atomic E-state index is 12.3. The Bertz CT molecular complexity index is 576. The topological polar surface area (TPSA) is 63.6 Å². The minimum absolute atomic E-state index is 0.0661. The zero-order valence-electron chi connectivity index (χ0n) is 29.3. The molecule has 0 aromatic rings. The summed E-state index contributed by atoms with van der Waals surface area (Å²) in [5.41, 5.74) is 0. The molecule has 0 heterocycles. The molecule has 4 heteroatoms. The molecule has 0 aromatic carbocycles. The summed E-state index contributed by atoms with van der Waals surface area (Å²) < 4.78 is 5.58. The van der Waals surface area contributed by atoms with Gasteiger partial charge in [-0.05, 0) is 19.3 Å².